The predicted octanol–water partition coefficient (Wildman–Crippen LogP) is 5.01. The van der Waals surface area contributed by atoms with Crippen molar-refractivity contribution in [2.75, 3.05) is 44.0 Å². The molecule has 3 aromatic carbocycles. The van der Waals surface area contributed by atoms with E-state index in [0.717, 1.165) is 37.9 Å². The molecule has 0 bridgehead atoms. The van der Waals surface area contributed by atoms with Crippen LogP contribution in [0.25, 0.3) is 0 Å². The van der Waals surface area contributed by atoms with Gasteiger partial charge in [0.25, 0.3) is 15.9 Å². The lowest BCUT2D eigenvalue weighted by atomic mass is 9.93. The molecule has 0 spiro atoms. The molecule has 0 radical (unpaired) electrons. The van der Waals surface area contributed by atoms with Crippen LogP contribution < -0.4 is 14.8 Å². The van der Waals surface area contributed by atoms with Crippen molar-refractivity contribution in [3.8, 4) is 11.5 Å². The number of carbonyl (C=O) groups is 2. The van der Waals surface area contributed by atoms with Crippen molar-refractivity contribution in [2.24, 2.45) is 5.92 Å². The van der Waals surface area contributed by atoms with Crippen molar-refractivity contribution in [3.63, 3.8) is 0 Å². The van der Waals surface area contributed by atoms with Crippen LogP contribution in [0.2, 0.25) is 0 Å². The van der Waals surface area contributed by atoms with E-state index in [0.29, 0.717) is 19.0 Å². The van der Waals surface area contributed by atoms with Crippen LogP contribution in [-0.4, -0.2) is 69.3 Å². The van der Waals surface area contributed by atoms with Crippen LogP contribution in [0.3, 0.4) is 0 Å². The lowest BCUT2D eigenvalue weighted by Crippen LogP contribution is -2.44. The summed E-state index contributed by atoms with van der Waals surface area (Å²) in [6.45, 7) is 4.73. The molecule has 5 rings (SSSR count). The number of carbonyl (C=O) groups excluding carboxylic acids is 2. The summed E-state index contributed by atoms with van der Waals surface area (Å²) in [6, 6.07) is 13.5. The van der Waals surface area contributed by atoms with Crippen molar-refractivity contribution in [2.45, 2.75) is 37.0 Å². The zero-order valence-corrected chi connectivity index (χ0v) is 25.1. The summed E-state index contributed by atoms with van der Waals surface area (Å²) in [4.78, 5) is 29.5. The number of halogens is 2. The molecule has 2 N–H and O–H groups in total. The van der Waals surface area contributed by atoms with E-state index >= 15 is 0 Å². The number of benzene rings is 3. The van der Waals surface area contributed by atoms with Crippen LogP contribution in [0.4, 0.5) is 14.5 Å². The number of likely N-dealkylation sites (tertiary alicyclic amines) is 2. The fourth-order valence-corrected chi connectivity index (χ4v) is 6.56. The number of piperidine rings is 1. The standard InChI is InChI=1S/C32H36F2N4O5S/c33-25-5-8-27(9-6-25)43-30-12-7-26(34)21-29(30)36-44(41,42)28-10-3-24(4-11-28)32(40)35-22-31(39)38-19-14-23(15-20-38)13-18-37-16-1-2-17-37/h3-12,21,23,36H,1-2,13-20,22H2,(H,35,40). The molecule has 12 heteroatoms. The van der Waals surface area contributed by atoms with E-state index < -0.39 is 27.6 Å². The molecular formula is C32H36F2N4O5S. The van der Waals surface area contributed by atoms with E-state index in [9.17, 15) is 26.8 Å². The third-order valence-corrected chi connectivity index (χ3v) is 9.46. The maximum atomic E-state index is 14.0. The molecule has 0 aromatic heterocycles. The summed E-state index contributed by atoms with van der Waals surface area (Å²) >= 11 is 0. The van der Waals surface area contributed by atoms with Crippen molar-refractivity contribution in [1.82, 2.24) is 15.1 Å². The monoisotopic (exact) mass is 626 g/mol. The summed E-state index contributed by atoms with van der Waals surface area (Å²) in [6.07, 6.45) is 5.66. The van der Waals surface area contributed by atoms with Gasteiger partial charge in [-0.05, 0) is 118 Å². The van der Waals surface area contributed by atoms with Gasteiger partial charge in [0.1, 0.15) is 17.4 Å². The number of ether oxygens (including phenoxy) is 1. The van der Waals surface area contributed by atoms with E-state index in [1.165, 1.54) is 80.5 Å². The lowest BCUT2D eigenvalue weighted by Gasteiger charge is -2.32. The van der Waals surface area contributed by atoms with Crippen LogP contribution in [-0.2, 0) is 14.8 Å². The van der Waals surface area contributed by atoms with Crippen LogP contribution >= 0.6 is 0 Å². The van der Waals surface area contributed by atoms with E-state index in [1.807, 2.05) is 0 Å². The molecule has 234 valence electrons. The number of rotatable bonds is 11. The molecule has 2 fully saturated rings. The number of sulfonamides is 1. The minimum atomic E-state index is -4.20. The molecule has 0 unspecified atom stereocenters. The van der Waals surface area contributed by atoms with E-state index in [2.05, 4.69) is 14.9 Å². The highest BCUT2D eigenvalue weighted by molar-refractivity contribution is 7.92. The first-order chi connectivity index (χ1) is 21.2. The summed E-state index contributed by atoms with van der Waals surface area (Å²) in [7, 11) is -4.20. The van der Waals surface area contributed by atoms with E-state index in [4.69, 9.17) is 4.74 Å². The molecule has 9 nitrogen and oxygen atoms in total. The topological polar surface area (TPSA) is 108 Å². The van der Waals surface area contributed by atoms with Gasteiger partial charge in [-0.15, -0.1) is 0 Å². The second kappa shape index (κ2) is 14.2. The highest BCUT2D eigenvalue weighted by atomic mass is 32.2. The number of hydrogen-bond donors (Lipinski definition) is 2. The Hall–Kier alpha value is -4.03. The van der Waals surface area contributed by atoms with Crippen molar-refractivity contribution < 1.29 is 31.5 Å². The third kappa shape index (κ3) is 8.32. The molecule has 0 aliphatic carbocycles. The molecule has 2 aliphatic heterocycles. The highest BCUT2D eigenvalue weighted by Gasteiger charge is 2.24. The number of hydrogen-bond acceptors (Lipinski definition) is 6. The Labute approximate surface area is 256 Å². The van der Waals surface area contributed by atoms with Gasteiger partial charge in [-0.3, -0.25) is 14.3 Å². The van der Waals surface area contributed by atoms with Gasteiger partial charge < -0.3 is 19.9 Å². The Bertz CT molecular complexity index is 1550. The molecule has 44 heavy (non-hydrogen) atoms. The number of nitrogens with one attached hydrogen (secondary N) is 2. The van der Waals surface area contributed by atoms with Gasteiger partial charge in [0, 0.05) is 24.7 Å². The molecule has 2 heterocycles. The summed E-state index contributed by atoms with van der Waals surface area (Å²) in [5.74, 6) is -0.965. The van der Waals surface area contributed by atoms with Gasteiger partial charge >= 0.3 is 0 Å². The Morgan fingerprint density at radius 2 is 1.52 bits per heavy atom. The minimum Gasteiger partial charge on any atom is -0.455 e. The first kappa shape index (κ1) is 31.4. The predicted molar refractivity (Wildman–Crippen MR) is 162 cm³/mol. The number of amides is 2. The fourth-order valence-electron chi connectivity index (χ4n) is 5.50. The number of nitrogens with zero attached hydrogens (tertiary/aromatic N) is 2. The second-order valence-corrected chi connectivity index (χ2v) is 12.9. The van der Waals surface area contributed by atoms with E-state index in [1.54, 1.807) is 4.90 Å². The van der Waals surface area contributed by atoms with Crippen LogP contribution in [0, 0.1) is 17.6 Å². The van der Waals surface area contributed by atoms with Crippen molar-refractivity contribution >= 4 is 27.5 Å². The second-order valence-electron chi connectivity index (χ2n) is 11.2. The Morgan fingerprint density at radius 1 is 0.864 bits per heavy atom. The number of anilines is 1. The summed E-state index contributed by atoms with van der Waals surface area (Å²) in [5.41, 5.74) is 0.0220. The molecule has 2 saturated heterocycles. The summed E-state index contributed by atoms with van der Waals surface area (Å²) < 4.78 is 61.3. The van der Waals surface area contributed by atoms with Crippen LogP contribution in [0.5, 0.6) is 11.5 Å². The minimum absolute atomic E-state index is 0.00792. The Balaban J connectivity index is 1.12. The van der Waals surface area contributed by atoms with Gasteiger partial charge in [0.15, 0.2) is 5.75 Å². The maximum absolute atomic E-state index is 14.0. The normalized spacial score (nSPS) is 16.1. The van der Waals surface area contributed by atoms with E-state index in [-0.39, 0.29) is 40.1 Å². The molecule has 3 aromatic rings. The zero-order valence-electron chi connectivity index (χ0n) is 24.3. The molecule has 2 amide bonds. The van der Waals surface area contributed by atoms with Gasteiger partial charge in [-0.1, -0.05) is 0 Å². The van der Waals surface area contributed by atoms with Crippen LogP contribution in [0.1, 0.15) is 42.5 Å². The first-order valence-corrected chi connectivity index (χ1v) is 16.3. The van der Waals surface area contributed by atoms with Gasteiger partial charge in [-0.25, -0.2) is 17.2 Å². The highest BCUT2D eigenvalue weighted by Crippen LogP contribution is 2.32. The average Bonchev–Trinajstić information content (AvgIpc) is 3.55. The third-order valence-electron chi connectivity index (χ3n) is 8.07. The lowest BCUT2D eigenvalue weighted by molar-refractivity contribution is -0.131. The van der Waals surface area contributed by atoms with Gasteiger partial charge in [0.05, 0.1) is 17.1 Å². The molecule has 2 aliphatic rings. The molecule has 0 atom stereocenters. The zero-order chi connectivity index (χ0) is 31.1. The fraction of sp³-hybridized carbons (Fsp3) is 0.375. The smallest absolute Gasteiger partial charge is 0.262 e. The molecular weight excluding hydrogens is 590 g/mol. The van der Waals surface area contributed by atoms with Gasteiger partial charge in [-0.2, -0.15) is 0 Å². The van der Waals surface area contributed by atoms with Crippen molar-refractivity contribution in [3.05, 3.63) is 83.9 Å². The maximum Gasteiger partial charge on any atom is 0.262 e. The Kier molecular flexibility index (Phi) is 10.1. The SMILES string of the molecule is O=C(NCC(=O)N1CCC(CCN2CCCC2)CC1)c1ccc(S(=O)(=O)Nc2cc(F)ccc2Oc2ccc(F)cc2)cc1. The quantitative estimate of drug-likeness (QED) is 0.310. The first-order valence-electron chi connectivity index (χ1n) is 14.8. The molecule has 0 saturated carbocycles. The van der Waals surface area contributed by atoms with Crippen LogP contribution in [0.15, 0.2) is 71.6 Å². The van der Waals surface area contributed by atoms with Gasteiger partial charge in [0.2, 0.25) is 5.91 Å². The van der Waals surface area contributed by atoms with Crippen molar-refractivity contribution in [1.29, 1.82) is 0 Å². The largest absolute Gasteiger partial charge is 0.455 e. The Morgan fingerprint density at radius 3 is 2.20 bits per heavy atom. The summed E-state index contributed by atoms with van der Waals surface area (Å²) in [5, 5.41) is 2.62. The average molecular weight is 627 g/mol.